The van der Waals surface area contributed by atoms with Crippen LogP contribution in [0, 0.1) is 6.92 Å². The first kappa shape index (κ1) is 20.3. The molecule has 1 aromatic heterocycles. The Balaban J connectivity index is 1.82. The standard InChI is InChI=1S/C22H27N3O2S/c1-13(2)27-21(26)25-20-23-17-10-9-16(12-18(17)24-20)28-19-11-15(22(4,5)6)8-7-14(19)3/h7-13H,1-6H3,(H2,23,24,25,26). The molecule has 2 aromatic carbocycles. The van der Waals surface area contributed by atoms with Gasteiger partial charge in [0.05, 0.1) is 17.1 Å². The number of ether oxygens (including phenoxy) is 1. The Morgan fingerprint density at radius 3 is 2.61 bits per heavy atom. The van der Waals surface area contributed by atoms with E-state index in [4.69, 9.17) is 4.74 Å². The molecule has 0 unspecified atom stereocenters. The number of aromatic nitrogens is 2. The number of benzene rings is 2. The highest BCUT2D eigenvalue weighted by atomic mass is 32.2. The smallest absolute Gasteiger partial charge is 0.414 e. The molecular formula is C22H27N3O2S. The first-order valence-electron chi connectivity index (χ1n) is 9.38. The molecule has 1 amide bonds. The van der Waals surface area contributed by atoms with Crippen molar-refractivity contribution in [3.05, 3.63) is 47.5 Å². The summed E-state index contributed by atoms with van der Waals surface area (Å²) < 4.78 is 5.09. The van der Waals surface area contributed by atoms with Gasteiger partial charge in [0.1, 0.15) is 0 Å². The van der Waals surface area contributed by atoms with Crippen LogP contribution in [-0.2, 0) is 10.2 Å². The molecule has 6 heteroatoms. The lowest BCUT2D eigenvalue weighted by atomic mass is 9.87. The topological polar surface area (TPSA) is 67.0 Å². The fourth-order valence-electron chi connectivity index (χ4n) is 2.76. The predicted octanol–water partition coefficient (Wildman–Crippen LogP) is 6.28. The number of carbonyl (C=O) groups excluding carboxylic acids is 1. The van der Waals surface area contributed by atoms with Gasteiger partial charge in [-0.1, -0.05) is 44.7 Å². The van der Waals surface area contributed by atoms with E-state index in [2.05, 4.69) is 67.2 Å². The summed E-state index contributed by atoms with van der Waals surface area (Å²) in [4.78, 5) is 21.6. The number of H-pyrrole nitrogens is 1. The average Bonchev–Trinajstić information content (AvgIpc) is 2.96. The maximum atomic E-state index is 11.8. The van der Waals surface area contributed by atoms with Crippen LogP contribution in [0.15, 0.2) is 46.2 Å². The van der Waals surface area contributed by atoms with Gasteiger partial charge in [-0.05, 0) is 61.6 Å². The van der Waals surface area contributed by atoms with E-state index in [0.29, 0.717) is 5.95 Å². The molecule has 0 radical (unpaired) electrons. The fraction of sp³-hybridized carbons (Fsp3) is 0.364. The monoisotopic (exact) mass is 397 g/mol. The minimum absolute atomic E-state index is 0.113. The second-order valence-electron chi connectivity index (χ2n) is 8.18. The van der Waals surface area contributed by atoms with E-state index in [1.807, 2.05) is 12.1 Å². The molecule has 0 spiro atoms. The first-order chi connectivity index (χ1) is 13.1. The number of hydrogen-bond acceptors (Lipinski definition) is 4. The van der Waals surface area contributed by atoms with Crippen LogP contribution in [-0.4, -0.2) is 22.2 Å². The van der Waals surface area contributed by atoms with Gasteiger partial charge in [0.2, 0.25) is 5.95 Å². The molecule has 0 fully saturated rings. The molecule has 2 N–H and O–H groups in total. The number of rotatable bonds is 4. The summed E-state index contributed by atoms with van der Waals surface area (Å²) in [5, 5.41) is 2.63. The van der Waals surface area contributed by atoms with Crippen LogP contribution in [0.5, 0.6) is 0 Å². The number of amides is 1. The minimum atomic E-state index is -0.515. The van der Waals surface area contributed by atoms with Crippen LogP contribution >= 0.6 is 11.8 Å². The molecule has 28 heavy (non-hydrogen) atoms. The molecule has 0 aliphatic carbocycles. The minimum Gasteiger partial charge on any atom is -0.447 e. The van der Waals surface area contributed by atoms with E-state index in [1.54, 1.807) is 25.6 Å². The number of fused-ring (bicyclic) bond motifs is 1. The Labute approximate surface area is 170 Å². The van der Waals surface area contributed by atoms with E-state index in [0.717, 1.165) is 15.9 Å². The molecular weight excluding hydrogens is 370 g/mol. The van der Waals surface area contributed by atoms with Crippen LogP contribution in [0.1, 0.15) is 45.7 Å². The summed E-state index contributed by atoms with van der Waals surface area (Å²) >= 11 is 1.73. The molecule has 0 saturated heterocycles. The Kier molecular flexibility index (Phi) is 5.70. The lowest BCUT2D eigenvalue weighted by Crippen LogP contribution is -2.18. The van der Waals surface area contributed by atoms with E-state index in [9.17, 15) is 4.79 Å². The predicted molar refractivity (Wildman–Crippen MR) is 115 cm³/mol. The van der Waals surface area contributed by atoms with Gasteiger partial charge in [0.15, 0.2) is 0 Å². The van der Waals surface area contributed by atoms with Crippen molar-refractivity contribution in [3.8, 4) is 0 Å². The Morgan fingerprint density at radius 1 is 1.18 bits per heavy atom. The molecule has 0 aliphatic heterocycles. The van der Waals surface area contributed by atoms with Crippen molar-refractivity contribution in [1.29, 1.82) is 0 Å². The second-order valence-corrected chi connectivity index (χ2v) is 9.29. The summed E-state index contributed by atoms with van der Waals surface area (Å²) in [6, 6.07) is 12.7. The summed E-state index contributed by atoms with van der Waals surface area (Å²) in [5.74, 6) is 0.383. The van der Waals surface area contributed by atoms with E-state index < -0.39 is 6.09 Å². The van der Waals surface area contributed by atoms with E-state index in [-0.39, 0.29) is 11.5 Å². The highest BCUT2D eigenvalue weighted by Gasteiger charge is 2.15. The lowest BCUT2D eigenvalue weighted by Gasteiger charge is -2.20. The van der Waals surface area contributed by atoms with Crippen molar-refractivity contribution in [2.45, 2.75) is 62.9 Å². The second kappa shape index (κ2) is 7.87. The van der Waals surface area contributed by atoms with Gasteiger partial charge in [0, 0.05) is 9.79 Å². The number of aryl methyl sites for hydroxylation is 1. The maximum Gasteiger partial charge on any atom is 0.414 e. The van der Waals surface area contributed by atoms with Gasteiger partial charge in [-0.25, -0.2) is 9.78 Å². The van der Waals surface area contributed by atoms with Crippen molar-refractivity contribution in [3.63, 3.8) is 0 Å². The zero-order chi connectivity index (χ0) is 20.5. The summed E-state index contributed by atoms with van der Waals surface area (Å²) in [6.45, 7) is 12.4. The van der Waals surface area contributed by atoms with Gasteiger partial charge in [-0.2, -0.15) is 0 Å². The molecule has 0 aliphatic rings. The summed E-state index contributed by atoms with van der Waals surface area (Å²) in [6.07, 6.45) is -0.697. The van der Waals surface area contributed by atoms with Crippen molar-refractivity contribution >= 4 is 34.8 Å². The molecule has 0 atom stereocenters. The highest BCUT2D eigenvalue weighted by molar-refractivity contribution is 7.99. The van der Waals surface area contributed by atoms with E-state index in [1.165, 1.54) is 16.0 Å². The number of aromatic amines is 1. The number of hydrogen-bond donors (Lipinski definition) is 2. The zero-order valence-corrected chi connectivity index (χ0v) is 18.0. The first-order valence-corrected chi connectivity index (χ1v) is 10.2. The van der Waals surface area contributed by atoms with Crippen molar-refractivity contribution < 1.29 is 9.53 Å². The van der Waals surface area contributed by atoms with Crippen LogP contribution in [0.3, 0.4) is 0 Å². The fourth-order valence-corrected chi connectivity index (χ4v) is 3.74. The summed E-state index contributed by atoms with van der Waals surface area (Å²) in [5.41, 5.74) is 4.35. The number of anilines is 1. The number of imidazole rings is 1. The molecule has 1 heterocycles. The van der Waals surface area contributed by atoms with Crippen molar-refractivity contribution in [2.24, 2.45) is 0 Å². The van der Waals surface area contributed by atoms with Gasteiger partial charge in [-0.3, -0.25) is 5.32 Å². The molecule has 5 nitrogen and oxygen atoms in total. The third-order valence-corrected chi connectivity index (χ3v) is 5.45. The SMILES string of the molecule is Cc1ccc(C(C)(C)C)cc1Sc1ccc2nc(NC(=O)OC(C)C)[nH]c2c1. The van der Waals surface area contributed by atoms with Crippen LogP contribution in [0.25, 0.3) is 11.0 Å². The highest BCUT2D eigenvalue weighted by Crippen LogP contribution is 2.35. The maximum absolute atomic E-state index is 11.8. The number of nitrogens with zero attached hydrogens (tertiary/aromatic N) is 1. The number of nitrogens with one attached hydrogen (secondary N) is 2. The Hall–Kier alpha value is -2.47. The van der Waals surface area contributed by atoms with Gasteiger partial charge in [0.25, 0.3) is 0 Å². The lowest BCUT2D eigenvalue weighted by molar-refractivity contribution is 0.130. The van der Waals surface area contributed by atoms with E-state index >= 15 is 0 Å². The number of carbonyl (C=O) groups is 1. The Morgan fingerprint density at radius 2 is 1.93 bits per heavy atom. The average molecular weight is 398 g/mol. The van der Waals surface area contributed by atoms with Crippen molar-refractivity contribution in [2.75, 3.05) is 5.32 Å². The quantitative estimate of drug-likeness (QED) is 0.544. The molecule has 0 bridgehead atoms. The third kappa shape index (κ3) is 4.87. The van der Waals surface area contributed by atoms with Gasteiger partial charge >= 0.3 is 6.09 Å². The zero-order valence-electron chi connectivity index (χ0n) is 17.2. The van der Waals surface area contributed by atoms with Crippen LogP contribution in [0.4, 0.5) is 10.7 Å². The van der Waals surface area contributed by atoms with Gasteiger partial charge in [-0.15, -0.1) is 0 Å². The van der Waals surface area contributed by atoms with Crippen molar-refractivity contribution in [1.82, 2.24) is 9.97 Å². The normalized spacial score (nSPS) is 11.8. The Bertz CT molecular complexity index is 1000. The molecule has 3 rings (SSSR count). The van der Waals surface area contributed by atoms with Crippen LogP contribution in [0.2, 0.25) is 0 Å². The molecule has 0 saturated carbocycles. The van der Waals surface area contributed by atoms with Gasteiger partial charge < -0.3 is 9.72 Å². The third-order valence-electron chi connectivity index (χ3n) is 4.30. The summed E-state index contributed by atoms with van der Waals surface area (Å²) in [7, 11) is 0. The molecule has 3 aromatic rings. The largest absolute Gasteiger partial charge is 0.447 e. The van der Waals surface area contributed by atoms with Crippen LogP contribution < -0.4 is 5.32 Å². The molecule has 148 valence electrons.